The molecule has 1 aromatic carbocycles. The summed E-state index contributed by atoms with van der Waals surface area (Å²) in [4.78, 5) is 2.47. The Labute approximate surface area is 99.7 Å². The summed E-state index contributed by atoms with van der Waals surface area (Å²) in [7, 11) is 1.72. The molecule has 0 bridgehead atoms. The standard InChI is InChI=1S/C13H15NOS/c1-15-9-10-4-2-3-5-12(10)13-7-6-11(8-14)16-13/h2-7H,8-9,14H2,1H3. The fraction of sp³-hybridized carbons (Fsp3) is 0.231. The zero-order valence-electron chi connectivity index (χ0n) is 9.27. The molecule has 0 aliphatic heterocycles. The highest BCUT2D eigenvalue weighted by Crippen LogP contribution is 2.30. The predicted molar refractivity (Wildman–Crippen MR) is 68.4 cm³/mol. The number of hydrogen-bond donors (Lipinski definition) is 1. The number of thiophene rings is 1. The minimum Gasteiger partial charge on any atom is -0.380 e. The fourth-order valence-corrected chi connectivity index (χ4v) is 2.62. The maximum atomic E-state index is 5.62. The molecule has 0 radical (unpaired) electrons. The lowest BCUT2D eigenvalue weighted by molar-refractivity contribution is 0.185. The SMILES string of the molecule is COCc1ccccc1-c1ccc(CN)s1. The third kappa shape index (κ3) is 2.32. The Kier molecular flexibility index (Phi) is 3.72. The number of benzene rings is 1. The van der Waals surface area contributed by atoms with Gasteiger partial charge in [0, 0.05) is 23.4 Å². The maximum absolute atomic E-state index is 5.62. The monoisotopic (exact) mass is 233 g/mol. The van der Waals surface area contributed by atoms with Crippen LogP contribution in [0.2, 0.25) is 0 Å². The molecule has 2 aromatic rings. The second kappa shape index (κ2) is 5.25. The van der Waals surface area contributed by atoms with E-state index in [0.29, 0.717) is 13.2 Å². The van der Waals surface area contributed by atoms with Crippen LogP contribution in [0.15, 0.2) is 36.4 Å². The largest absolute Gasteiger partial charge is 0.380 e. The average molecular weight is 233 g/mol. The van der Waals surface area contributed by atoms with Gasteiger partial charge in [-0.15, -0.1) is 11.3 Å². The van der Waals surface area contributed by atoms with Crippen LogP contribution in [0, 0.1) is 0 Å². The van der Waals surface area contributed by atoms with E-state index < -0.39 is 0 Å². The van der Waals surface area contributed by atoms with Crippen LogP contribution in [0.1, 0.15) is 10.4 Å². The van der Waals surface area contributed by atoms with Gasteiger partial charge in [-0.25, -0.2) is 0 Å². The molecule has 0 aliphatic carbocycles. The summed E-state index contributed by atoms with van der Waals surface area (Å²) >= 11 is 1.75. The molecule has 2 N–H and O–H groups in total. The first kappa shape index (κ1) is 11.3. The lowest BCUT2D eigenvalue weighted by atomic mass is 10.1. The van der Waals surface area contributed by atoms with Gasteiger partial charge < -0.3 is 10.5 Å². The van der Waals surface area contributed by atoms with Crippen molar-refractivity contribution in [3.05, 3.63) is 46.8 Å². The topological polar surface area (TPSA) is 35.2 Å². The van der Waals surface area contributed by atoms with E-state index in [0.717, 1.165) is 0 Å². The number of methoxy groups -OCH3 is 1. The minimum absolute atomic E-state index is 0.608. The second-order valence-electron chi connectivity index (χ2n) is 3.56. The highest BCUT2D eigenvalue weighted by Gasteiger charge is 2.06. The van der Waals surface area contributed by atoms with Crippen LogP contribution in [-0.2, 0) is 17.9 Å². The van der Waals surface area contributed by atoms with Crippen molar-refractivity contribution in [1.82, 2.24) is 0 Å². The highest BCUT2D eigenvalue weighted by molar-refractivity contribution is 7.15. The van der Waals surface area contributed by atoms with Gasteiger partial charge in [0.2, 0.25) is 0 Å². The van der Waals surface area contributed by atoms with Gasteiger partial charge in [-0.05, 0) is 23.3 Å². The van der Waals surface area contributed by atoms with Crippen molar-refractivity contribution in [2.24, 2.45) is 5.73 Å². The summed E-state index contributed by atoms with van der Waals surface area (Å²) in [6, 6.07) is 12.5. The Balaban J connectivity index is 2.38. The summed E-state index contributed by atoms with van der Waals surface area (Å²) < 4.78 is 5.20. The normalized spacial score (nSPS) is 10.6. The van der Waals surface area contributed by atoms with Gasteiger partial charge in [0.15, 0.2) is 0 Å². The van der Waals surface area contributed by atoms with Crippen LogP contribution in [0.5, 0.6) is 0 Å². The molecule has 2 nitrogen and oxygen atoms in total. The molecule has 84 valence electrons. The first-order chi connectivity index (χ1) is 7.85. The molecule has 0 unspecified atom stereocenters. The molecule has 2 rings (SSSR count). The zero-order chi connectivity index (χ0) is 11.4. The number of ether oxygens (including phenoxy) is 1. The minimum atomic E-state index is 0.608. The fourth-order valence-electron chi connectivity index (χ4n) is 1.67. The molecule has 1 aromatic heterocycles. The van der Waals surface area contributed by atoms with Gasteiger partial charge in [0.25, 0.3) is 0 Å². The molecule has 16 heavy (non-hydrogen) atoms. The first-order valence-corrected chi connectivity index (χ1v) is 6.03. The molecule has 0 amide bonds. The van der Waals surface area contributed by atoms with Crippen molar-refractivity contribution in [1.29, 1.82) is 0 Å². The molecule has 0 saturated carbocycles. The third-order valence-corrected chi connectivity index (χ3v) is 3.59. The quantitative estimate of drug-likeness (QED) is 0.881. The lowest BCUT2D eigenvalue weighted by Crippen LogP contribution is -1.91. The van der Waals surface area contributed by atoms with E-state index in [1.54, 1.807) is 18.4 Å². The van der Waals surface area contributed by atoms with Crippen molar-refractivity contribution in [3.8, 4) is 10.4 Å². The molecule has 1 heterocycles. The molecule has 3 heteroatoms. The van der Waals surface area contributed by atoms with E-state index in [1.807, 2.05) is 6.07 Å². The summed E-state index contributed by atoms with van der Waals surface area (Å²) in [6.45, 7) is 1.25. The lowest BCUT2D eigenvalue weighted by Gasteiger charge is -2.06. The van der Waals surface area contributed by atoms with E-state index in [1.165, 1.54) is 20.9 Å². The van der Waals surface area contributed by atoms with Crippen LogP contribution < -0.4 is 5.73 Å². The smallest absolute Gasteiger partial charge is 0.0719 e. The Hall–Kier alpha value is -1.16. The Bertz CT molecular complexity index is 464. The molecule has 0 spiro atoms. The van der Waals surface area contributed by atoms with Crippen LogP contribution in [0.25, 0.3) is 10.4 Å². The number of rotatable bonds is 4. The molecule has 0 atom stereocenters. The van der Waals surface area contributed by atoms with Crippen LogP contribution in [0.3, 0.4) is 0 Å². The molecular formula is C13H15NOS. The van der Waals surface area contributed by atoms with E-state index >= 15 is 0 Å². The zero-order valence-corrected chi connectivity index (χ0v) is 10.1. The van der Waals surface area contributed by atoms with Gasteiger partial charge >= 0.3 is 0 Å². The van der Waals surface area contributed by atoms with Crippen LogP contribution >= 0.6 is 11.3 Å². The van der Waals surface area contributed by atoms with E-state index in [4.69, 9.17) is 10.5 Å². The van der Waals surface area contributed by atoms with Crippen molar-refractivity contribution in [2.75, 3.05) is 7.11 Å². The summed E-state index contributed by atoms with van der Waals surface area (Å²) in [5, 5.41) is 0. The van der Waals surface area contributed by atoms with Crippen molar-refractivity contribution < 1.29 is 4.74 Å². The summed E-state index contributed by atoms with van der Waals surface area (Å²) in [5.41, 5.74) is 8.09. The van der Waals surface area contributed by atoms with Crippen LogP contribution in [-0.4, -0.2) is 7.11 Å². The third-order valence-electron chi connectivity index (χ3n) is 2.45. The van der Waals surface area contributed by atoms with Gasteiger partial charge in [-0.1, -0.05) is 24.3 Å². The molecule has 0 saturated heterocycles. The first-order valence-electron chi connectivity index (χ1n) is 5.21. The predicted octanol–water partition coefficient (Wildman–Crippen LogP) is 3.02. The van der Waals surface area contributed by atoms with Gasteiger partial charge in [0.1, 0.15) is 0 Å². The van der Waals surface area contributed by atoms with Gasteiger partial charge in [-0.2, -0.15) is 0 Å². The van der Waals surface area contributed by atoms with Gasteiger partial charge in [-0.3, -0.25) is 0 Å². The molecular weight excluding hydrogens is 218 g/mol. The Morgan fingerprint density at radius 1 is 1.19 bits per heavy atom. The van der Waals surface area contributed by atoms with E-state index in [-0.39, 0.29) is 0 Å². The average Bonchev–Trinajstić information content (AvgIpc) is 2.79. The Morgan fingerprint density at radius 2 is 2.00 bits per heavy atom. The van der Waals surface area contributed by atoms with E-state index in [2.05, 4.69) is 30.3 Å². The molecule has 0 aliphatic rings. The summed E-state index contributed by atoms with van der Waals surface area (Å²) in [5.74, 6) is 0. The van der Waals surface area contributed by atoms with Crippen molar-refractivity contribution in [2.45, 2.75) is 13.2 Å². The second-order valence-corrected chi connectivity index (χ2v) is 4.73. The van der Waals surface area contributed by atoms with E-state index in [9.17, 15) is 0 Å². The van der Waals surface area contributed by atoms with Crippen molar-refractivity contribution in [3.63, 3.8) is 0 Å². The maximum Gasteiger partial charge on any atom is 0.0719 e. The summed E-state index contributed by atoms with van der Waals surface area (Å²) in [6.07, 6.45) is 0. The van der Waals surface area contributed by atoms with Gasteiger partial charge in [0.05, 0.1) is 6.61 Å². The number of hydrogen-bond acceptors (Lipinski definition) is 3. The van der Waals surface area contributed by atoms with Crippen molar-refractivity contribution >= 4 is 11.3 Å². The van der Waals surface area contributed by atoms with Crippen LogP contribution in [0.4, 0.5) is 0 Å². The number of nitrogens with two attached hydrogens (primary N) is 1. The molecule has 0 fully saturated rings. The Morgan fingerprint density at radius 3 is 2.69 bits per heavy atom. The highest BCUT2D eigenvalue weighted by atomic mass is 32.1.